The van der Waals surface area contributed by atoms with Gasteiger partial charge in [-0.3, -0.25) is 4.98 Å². The van der Waals surface area contributed by atoms with Gasteiger partial charge < -0.3 is 15.3 Å². The number of hydrogen-bond donors (Lipinski definition) is 2. The molecule has 1 aromatic rings. The highest BCUT2D eigenvalue weighted by atomic mass is 16.4. The lowest BCUT2D eigenvalue weighted by molar-refractivity contribution is -0.147. The van der Waals surface area contributed by atoms with Crippen LogP contribution in [0.5, 0.6) is 0 Å². The molecule has 2 amide bonds. The Balaban J connectivity index is 2.54. The average molecular weight is 279 g/mol. The van der Waals surface area contributed by atoms with Crippen molar-refractivity contribution in [2.24, 2.45) is 0 Å². The van der Waals surface area contributed by atoms with Crippen LogP contribution in [-0.2, 0) is 11.2 Å². The number of nitrogens with one attached hydrogen (secondary N) is 1. The molecule has 6 heteroatoms. The first-order chi connectivity index (χ1) is 9.39. The van der Waals surface area contributed by atoms with Crippen LogP contribution in [0, 0.1) is 0 Å². The third kappa shape index (κ3) is 3.94. The lowest BCUT2D eigenvalue weighted by atomic mass is 10.0. The van der Waals surface area contributed by atoms with E-state index in [9.17, 15) is 9.59 Å². The van der Waals surface area contributed by atoms with Gasteiger partial charge >= 0.3 is 12.0 Å². The number of aromatic nitrogens is 1. The minimum absolute atomic E-state index is 0.331. The first kappa shape index (κ1) is 15.9. The molecule has 0 bridgehead atoms. The van der Waals surface area contributed by atoms with Gasteiger partial charge in [-0.15, -0.1) is 0 Å². The molecule has 6 nitrogen and oxygen atoms in total. The van der Waals surface area contributed by atoms with Gasteiger partial charge in [0.05, 0.1) is 0 Å². The van der Waals surface area contributed by atoms with Gasteiger partial charge in [0.15, 0.2) is 0 Å². The molecule has 0 radical (unpaired) electrons. The van der Waals surface area contributed by atoms with E-state index in [0.717, 1.165) is 5.56 Å². The highest BCUT2D eigenvalue weighted by Crippen LogP contribution is 2.14. The summed E-state index contributed by atoms with van der Waals surface area (Å²) < 4.78 is 0. The minimum atomic E-state index is -1.23. The molecular weight excluding hydrogens is 258 g/mol. The number of rotatable bonds is 6. The molecule has 110 valence electrons. The fourth-order valence-corrected chi connectivity index (χ4v) is 1.86. The van der Waals surface area contributed by atoms with Gasteiger partial charge in [-0.2, -0.15) is 0 Å². The van der Waals surface area contributed by atoms with Crippen LogP contribution in [-0.4, -0.2) is 45.6 Å². The standard InChI is InChI=1S/C14H21N3O3/c1-4-17(14(2,3)12(18)19)13(20)16-9-7-11-6-5-8-15-10-11/h5-6,8,10H,4,7,9H2,1-3H3,(H,16,20)(H,18,19). The summed E-state index contributed by atoms with van der Waals surface area (Å²) in [6.45, 7) is 5.55. The van der Waals surface area contributed by atoms with Crippen LogP contribution in [0.25, 0.3) is 0 Å². The number of urea groups is 1. The largest absolute Gasteiger partial charge is 0.480 e. The molecule has 0 atom stereocenters. The van der Waals surface area contributed by atoms with E-state index in [4.69, 9.17) is 5.11 Å². The molecule has 0 fully saturated rings. The number of pyridine rings is 1. The molecule has 2 N–H and O–H groups in total. The van der Waals surface area contributed by atoms with Crippen molar-refractivity contribution in [1.82, 2.24) is 15.2 Å². The third-order valence-electron chi connectivity index (χ3n) is 3.17. The molecule has 0 aromatic carbocycles. The van der Waals surface area contributed by atoms with E-state index in [2.05, 4.69) is 10.3 Å². The van der Waals surface area contributed by atoms with Crippen molar-refractivity contribution >= 4 is 12.0 Å². The molecule has 1 aromatic heterocycles. The van der Waals surface area contributed by atoms with Crippen LogP contribution in [0.15, 0.2) is 24.5 Å². The topological polar surface area (TPSA) is 82.5 Å². The van der Waals surface area contributed by atoms with Gasteiger partial charge in [0, 0.05) is 25.5 Å². The molecule has 20 heavy (non-hydrogen) atoms. The summed E-state index contributed by atoms with van der Waals surface area (Å²) in [4.78, 5) is 28.5. The lowest BCUT2D eigenvalue weighted by Crippen LogP contribution is -2.56. The molecule has 0 unspecified atom stereocenters. The number of likely N-dealkylation sites (N-methyl/N-ethyl adjacent to an activating group) is 1. The summed E-state index contributed by atoms with van der Waals surface area (Å²) >= 11 is 0. The second-order valence-corrected chi connectivity index (χ2v) is 4.95. The molecule has 0 saturated carbocycles. The number of carbonyl (C=O) groups excluding carboxylic acids is 1. The lowest BCUT2D eigenvalue weighted by Gasteiger charge is -2.34. The summed E-state index contributed by atoms with van der Waals surface area (Å²) in [5.41, 5.74) is -0.207. The maximum absolute atomic E-state index is 12.1. The maximum Gasteiger partial charge on any atom is 0.329 e. The summed E-state index contributed by atoms with van der Waals surface area (Å²) in [6, 6.07) is 3.39. The van der Waals surface area contributed by atoms with E-state index in [0.29, 0.717) is 19.5 Å². The Kier molecular flexibility index (Phi) is 5.49. The predicted octanol–water partition coefficient (Wildman–Crippen LogP) is 1.52. The first-order valence-electron chi connectivity index (χ1n) is 6.57. The maximum atomic E-state index is 12.1. The van der Waals surface area contributed by atoms with E-state index in [1.807, 2.05) is 12.1 Å². The van der Waals surface area contributed by atoms with Gasteiger partial charge in [0.1, 0.15) is 5.54 Å². The van der Waals surface area contributed by atoms with Crippen molar-refractivity contribution in [3.63, 3.8) is 0 Å². The molecule has 0 spiro atoms. The molecule has 1 rings (SSSR count). The van der Waals surface area contributed by atoms with Gasteiger partial charge in [-0.25, -0.2) is 9.59 Å². The van der Waals surface area contributed by atoms with Crippen LogP contribution in [0.1, 0.15) is 26.3 Å². The van der Waals surface area contributed by atoms with Crippen LogP contribution < -0.4 is 5.32 Å². The van der Waals surface area contributed by atoms with Crippen LogP contribution in [0.4, 0.5) is 4.79 Å². The highest BCUT2D eigenvalue weighted by Gasteiger charge is 2.36. The molecule has 0 saturated heterocycles. The summed E-state index contributed by atoms with van der Waals surface area (Å²) in [7, 11) is 0. The van der Waals surface area contributed by atoms with Crippen LogP contribution >= 0.6 is 0 Å². The predicted molar refractivity (Wildman–Crippen MR) is 75.4 cm³/mol. The average Bonchev–Trinajstić information content (AvgIpc) is 2.40. The fourth-order valence-electron chi connectivity index (χ4n) is 1.86. The zero-order chi connectivity index (χ0) is 15.2. The summed E-state index contributed by atoms with van der Waals surface area (Å²) in [6.07, 6.45) is 4.09. The smallest absolute Gasteiger partial charge is 0.329 e. The van der Waals surface area contributed by atoms with Crippen molar-refractivity contribution < 1.29 is 14.7 Å². The molecule has 0 aliphatic carbocycles. The highest BCUT2D eigenvalue weighted by molar-refractivity contribution is 5.85. The Labute approximate surface area is 118 Å². The van der Waals surface area contributed by atoms with E-state index >= 15 is 0 Å². The van der Waals surface area contributed by atoms with Crippen molar-refractivity contribution in [3.8, 4) is 0 Å². The molecule has 1 heterocycles. The third-order valence-corrected chi connectivity index (χ3v) is 3.17. The number of nitrogens with zero attached hydrogens (tertiary/aromatic N) is 2. The van der Waals surface area contributed by atoms with Gasteiger partial charge in [0.25, 0.3) is 0 Å². The van der Waals surface area contributed by atoms with Gasteiger partial charge in [-0.05, 0) is 38.8 Å². The first-order valence-corrected chi connectivity index (χ1v) is 6.57. The second kappa shape index (κ2) is 6.88. The molecule has 0 aliphatic heterocycles. The van der Waals surface area contributed by atoms with E-state index in [1.54, 1.807) is 19.3 Å². The SMILES string of the molecule is CCN(C(=O)NCCc1cccnc1)C(C)(C)C(=O)O. The molecule has 0 aliphatic rings. The fraction of sp³-hybridized carbons (Fsp3) is 0.500. The molecular formula is C14H21N3O3. The minimum Gasteiger partial charge on any atom is -0.480 e. The number of amides is 2. The zero-order valence-electron chi connectivity index (χ0n) is 12.1. The number of carbonyl (C=O) groups is 2. The quantitative estimate of drug-likeness (QED) is 0.827. The Bertz CT molecular complexity index is 460. The number of carboxylic acids is 1. The monoisotopic (exact) mass is 279 g/mol. The van der Waals surface area contributed by atoms with Crippen LogP contribution in [0.3, 0.4) is 0 Å². The van der Waals surface area contributed by atoms with E-state index < -0.39 is 11.5 Å². The zero-order valence-corrected chi connectivity index (χ0v) is 12.1. The van der Waals surface area contributed by atoms with Crippen molar-refractivity contribution in [1.29, 1.82) is 0 Å². The van der Waals surface area contributed by atoms with Crippen molar-refractivity contribution in [2.75, 3.05) is 13.1 Å². The van der Waals surface area contributed by atoms with E-state index in [-0.39, 0.29) is 6.03 Å². The van der Waals surface area contributed by atoms with Gasteiger partial charge in [-0.1, -0.05) is 6.07 Å². The summed E-state index contributed by atoms with van der Waals surface area (Å²) in [5.74, 6) is -1.03. The number of carboxylic acid groups (broad SMARTS) is 1. The van der Waals surface area contributed by atoms with E-state index in [1.165, 1.54) is 18.7 Å². The number of aliphatic carboxylic acids is 1. The normalized spacial score (nSPS) is 10.9. The van der Waals surface area contributed by atoms with Crippen molar-refractivity contribution in [3.05, 3.63) is 30.1 Å². The van der Waals surface area contributed by atoms with Crippen LogP contribution in [0.2, 0.25) is 0 Å². The van der Waals surface area contributed by atoms with Crippen molar-refractivity contribution in [2.45, 2.75) is 32.7 Å². The van der Waals surface area contributed by atoms with Gasteiger partial charge in [0.2, 0.25) is 0 Å². The Morgan fingerprint density at radius 3 is 2.65 bits per heavy atom. The Morgan fingerprint density at radius 2 is 2.15 bits per heavy atom. The Morgan fingerprint density at radius 1 is 1.45 bits per heavy atom. The summed E-state index contributed by atoms with van der Waals surface area (Å²) in [5, 5.41) is 11.9. The number of hydrogen-bond acceptors (Lipinski definition) is 3. The second-order valence-electron chi connectivity index (χ2n) is 4.95. The Hall–Kier alpha value is -2.11.